The molecule has 0 saturated carbocycles. The third kappa shape index (κ3) is 4.89. The molecule has 1 aliphatic heterocycles. The summed E-state index contributed by atoms with van der Waals surface area (Å²) >= 11 is 0. The second kappa shape index (κ2) is 10.5. The number of carbonyl (C=O) groups is 1. The average Bonchev–Trinajstić information content (AvgIpc) is 3.54. The van der Waals surface area contributed by atoms with Crippen LogP contribution in [0.5, 0.6) is 0 Å². The smallest absolute Gasteiger partial charge is 0.335 e. The summed E-state index contributed by atoms with van der Waals surface area (Å²) in [5.74, 6) is -0.327. The van der Waals surface area contributed by atoms with Gasteiger partial charge in [-0.2, -0.15) is 5.21 Å². The van der Waals surface area contributed by atoms with Gasteiger partial charge in [-0.05, 0) is 40.3 Å². The third-order valence-electron chi connectivity index (χ3n) is 6.44. The maximum Gasteiger partial charge on any atom is 0.335 e. The SMILES string of the molecule is CCCN1NC(Cc2ccccc2)=C(C(=O)O)C1Cc1ccc(-c2ccccc2-c2nn[nH]n2)cc1. The Bertz CT molecular complexity index is 1350. The number of carboxylic acids is 1. The molecule has 1 unspecified atom stereocenters. The first-order valence-corrected chi connectivity index (χ1v) is 12.1. The van der Waals surface area contributed by atoms with Crippen LogP contribution in [0, 0.1) is 0 Å². The van der Waals surface area contributed by atoms with Gasteiger partial charge in [-0.25, -0.2) is 9.80 Å². The van der Waals surface area contributed by atoms with Crippen molar-refractivity contribution in [3.05, 3.63) is 101 Å². The van der Waals surface area contributed by atoms with Gasteiger partial charge in [0.2, 0.25) is 5.82 Å². The summed E-state index contributed by atoms with van der Waals surface area (Å²) in [6, 6.07) is 25.9. The Morgan fingerprint density at radius 3 is 2.33 bits per heavy atom. The van der Waals surface area contributed by atoms with Gasteiger partial charge in [0.15, 0.2) is 0 Å². The quantitative estimate of drug-likeness (QED) is 0.329. The number of aromatic nitrogens is 4. The number of H-pyrrole nitrogens is 1. The molecule has 1 aliphatic rings. The molecule has 36 heavy (non-hydrogen) atoms. The molecular weight excluding hydrogens is 452 g/mol. The van der Waals surface area contributed by atoms with Crippen molar-refractivity contribution in [2.24, 2.45) is 0 Å². The summed E-state index contributed by atoms with van der Waals surface area (Å²) in [6.45, 7) is 2.86. The molecule has 0 bridgehead atoms. The third-order valence-corrected chi connectivity index (χ3v) is 6.44. The number of aromatic amines is 1. The van der Waals surface area contributed by atoms with Crippen LogP contribution in [0.2, 0.25) is 0 Å². The molecule has 0 radical (unpaired) electrons. The van der Waals surface area contributed by atoms with E-state index in [1.807, 2.05) is 54.6 Å². The maximum absolute atomic E-state index is 12.4. The van der Waals surface area contributed by atoms with E-state index < -0.39 is 5.97 Å². The monoisotopic (exact) mass is 480 g/mol. The number of benzene rings is 3. The number of aliphatic carboxylic acids is 1. The molecule has 1 atom stereocenters. The highest BCUT2D eigenvalue weighted by Crippen LogP contribution is 2.31. The summed E-state index contributed by atoms with van der Waals surface area (Å²) in [5, 5.41) is 26.7. The number of carboxylic acid groups (broad SMARTS) is 1. The molecule has 0 amide bonds. The molecular formula is C28H28N6O2. The van der Waals surface area contributed by atoms with Crippen molar-refractivity contribution >= 4 is 5.97 Å². The first kappa shape index (κ1) is 23.4. The second-order valence-corrected chi connectivity index (χ2v) is 8.86. The van der Waals surface area contributed by atoms with E-state index in [0.717, 1.165) is 46.5 Å². The minimum atomic E-state index is -0.873. The lowest BCUT2D eigenvalue weighted by Gasteiger charge is -2.25. The summed E-state index contributed by atoms with van der Waals surface area (Å²) < 4.78 is 0. The fourth-order valence-electron chi connectivity index (χ4n) is 4.79. The largest absolute Gasteiger partial charge is 0.478 e. The van der Waals surface area contributed by atoms with Crippen molar-refractivity contribution in [1.29, 1.82) is 0 Å². The molecule has 3 aromatic carbocycles. The summed E-state index contributed by atoms with van der Waals surface area (Å²) in [7, 11) is 0. The Morgan fingerprint density at radius 2 is 1.67 bits per heavy atom. The van der Waals surface area contributed by atoms with Crippen molar-refractivity contribution in [3.63, 3.8) is 0 Å². The van der Waals surface area contributed by atoms with E-state index in [0.29, 0.717) is 24.2 Å². The molecule has 0 saturated heterocycles. The van der Waals surface area contributed by atoms with Crippen LogP contribution in [0.25, 0.3) is 22.5 Å². The van der Waals surface area contributed by atoms with Gasteiger partial charge in [-0.1, -0.05) is 85.8 Å². The Morgan fingerprint density at radius 1 is 0.944 bits per heavy atom. The van der Waals surface area contributed by atoms with Crippen LogP contribution in [0.15, 0.2) is 90.1 Å². The van der Waals surface area contributed by atoms with Gasteiger partial charge < -0.3 is 10.5 Å². The van der Waals surface area contributed by atoms with Crippen LogP contribution in [0.1, 0.15) is 24.5 Å². The predicted molar refractivity (Wildman–Crippen MR) is 137 cm³/mol. The molecule has 4 aromatic rings. The number of nitrogens with one attached hydrogen (secondary N) is 2. The molecule has 0 spiro atoms. The van der Waals surface area contributed by atoms with E-state index in [-0.39, 0.29) is 6.04 Å². The molecule has 8 heteroatoms. The molecule has 2 heterocycles. The molecule has 8 nitrogen and oxygen atoms in total. The standard InChI is InChI=1S/C28H28N6O2/c1-2-16-34-25(26(28(35)36)24(31-34)17-19-8-4-3-5-9-19)18-20-12-14-21(15-13-20)22-10-6-7-11-23(22)27-29-32-33-30-27/h3-15,25,31H,2,16-18H2,1H3,(H,35,36)(H,29,30,32,33). The van der Waals surface area contributed by atoms with Crippen molar-refractivity contribution < 1.29 is 9.90 Å². The average molecular weight is 481 g/mol. The molecule has 1 aromatic heterocycles. The number of tetrazole rings is 1. The fraction of sp³-hybridized carbons (Fsp3) is 0.214. The minimum absolute atomic E-state index is 0.251. The number of hydrogen-bond donors (Lipinski definition) is 3. The predicted octanol–water partition coefficient (Wildman–Crippen LogP) is 4.26. The molecule has 0 aliphatic carbocycles. The maximum atomic E-state index is 12.4. The highest BCUT2D eigenvalue weighted by Gasteiger charge is 2.36. The summed E-state index contributed by atoms with van der Waals surface area (Å²) in [6.07, 6.45) is 2.07. The number of rotatable bonds is 9. The van der Waals surface area contributed by atoms with E-state index in [1.54, 1.807) is 0 Å². The van der Waals surface area contributed by atoms with Crippen molar-refractivity contribution in [3.8, 4) is 22.5 Å². The lowest BCUT2D eigenvalue weighted by atomic mass is 9.94. The van der Waals surface area contributed by atoms with Gasteiger partial charge in [0, 0.05) is 24.2 Å². The first-order valence-electron chi connectivity index (χ1n) is 12.1. The number of nitrogens with zero attached hydrogens (tertiary/aromatic N) is 4. The van der Waals surface area contributed by atoms with E-state index in [4.69, 9.17) is 0 Å². The zero-order valence-electron chi connectivity index (χ0n) is 20.1. The summed E-state index contributed by atoms with van der Waals surface area (Å²) in [5.41, 5.74) is 9.72. The Kier molecular flexibility index (Phi) is 6.86. The normalized spacial score (nSPS) is 15.8. The van der Waals surface area contributed by atoms with E-state index >= 15 is 0 Å². The van der Waals surface area contributed by atoms with Crippen LogP contribution in [0.4, 0.5) is 0 Å². The minimum Gasteiger partial charge on any atom is -0.478 e. The highest BCUT2D eigenvalue weighted by molar-refractivity contribution is 5.89. The van der Waals surface area contributed by atoms with E-state index in [9.17, 15) is 9.90 Å². The first-order chi connectivity index (χ1) is 17.6. The molecule has 182 valence electrons. The Labute approximate surface area is 209 Å². The number of hydrogen-bond acceptors (Lipinski definition) is 6. The van der Waals surface area contributed by atoms with Gasteiger partial charge in [0.05, 0.1) is 11.6 Å². The van der Waals surface area contributed by atoms with E-state index in [1.165, 1.54) is 0 Å². The zero-order valence-corrected chi connectivity index (χ0v) is 20.1. The van der Waals surface area contributed by atoms with Crippen LogP contribution in [-0.4, -0.2) is 49.3 Å². The topological polar surface area (TPSA) is 107 Å². The molecule has 5 rings (SSSR count). The van der Waals surface area contributed by atoms with Gasteiger partial charge in [-0.3, -0.25) is 0 Å². The molecule has 3 N–H and O–H groups in total. The van der Waals surface area contributed by atoms with Gasteiger partial charge >= 0.3 is 5.97 Å². The van der Waals surface area contributed by atoms with Crippen molar-refractivity contribution in [2.75, 3.05) is 6.54 Å². The number of allylic oxidation sites excluding steroid dienone is 1. The van der Waals surface area contributed by atoms with Crippen molar-refractivity contribution in [2.45, 2.75) is 32.2 Å². The van der Waals surface area contributed by atoms with Crippen LogP contribution >= 0.6 is 0 Å². The van der Waals surface area contributed by atoms with Gasteiger partial charge in [-0.15, -0.1) is 10.2 Å². The van der Waals surface area contributed by atoms with E-state index in [2.05, 4.69) is 62.2 Å². The van der Waals surface area contributed by atoms with Gasteiger partial charge in [0.1, 0.15) is 0 Å². The fourth-order valence-corrected chi connectivity index (χ4v) is 4.79. The summed E-state index contributed by atoms with van der Waals surface area (Å²) in [4.78, 5) is 12.4. The molecule has 0 fully saturated rings. The van der Waals surface area contributed by atoms with Crippen LogP contribution in [0.3, 0.4) is 0 Å². The van der Waals surface area contributed by atoms with Crippen LogP contribution < -0.4 is 5.43 Å². The van der Waals surface area contributed by atoms with Crippen molar-refractivity contribution in [1.82, 2.24) is 31.1 Å². The zero-order chi connectivity index (χ0) is 24.9. The van der Waals surface area contributed by atoms with Crippen LogP contribution in [-0.2, 0) is 17.6 Å². The lowest BCUT2D eigenvalue weighted by Crippen LogP contribution is -2.41. The highest BCUT2D eigenvalue weighted by atomic mass is 16.4. The Balaban J connectivity index is 1.42. The second-order valence-electron chi connectivity index (χ2n) is 8.86. The lowest BCUT2D eigenvalue weighted by molar-refractivity contribution is -0.133. The Hall–Kier alpha value is -4.30. The van der Waals surface area contributed by atoms with Gasteiger partial charge in [0.25, 0.3) is 0 Å². The number of hydrazine groups is 1.